The van der Waals surface area contributed by atoms with Crippen molar-refractivity contribution in [3.63, 3.8) is 0 Å². The second-order valence-electron chi connectivity index (χ2n) is 3.80. The molecule has 1 aromatic rings. The first-order valence-corrected chi connectivity index (χ1v) is 4.72. The number of halogens is 3. The van der Waals surface area contributed by atoms with Gasteiger partial charge in [0, 0.05) is 0 Å². The van der Waals surface area contributed by atoms with Gasteiger partial charge in [0.2, 0.25) is 0 Å². The molecule has 0 aliphatic heterocycles. The molecular weight excluding hydrogens is 239 g/mol. The Hall–Kier alpha value is -1.79. The summed E-state index contributed by atoms with van der Waals surface area (Å²) in [6.07, 6.45) is -4.71. The molecule has 0 bridgehead atoms. The second-order valence-corrected chi connectivity index (χ2v) is 3.80. The van der Waals surface area contributed by atoms with E-state index in [0.29, 0.717) is 6.07 Å². The van der Waals surface area contributed by atoms with Crippen molar-refractivity contribution in [2.75, 3.05) is 0 Å². The fraction of sp³-hybridized carbons (Fsp3) is 0.400. The van der Waals surface area contributed by atoms with E-state index in [9.17, 15) is 22.8 Å². The zero-order chi connectivity index (χ0) is 13.4. The molecule has 0 aromatic carbocycles. The fourth-order valence-corrected chi connectivity index (χ4v) is 1.41. The van der Waals surface area contributed by atoms with Gasteiger partial charge in [0.25, 0.3) is 5.56 Å². The number of aromatic amines is 1. The van der Waals surface area contributed by atoms with Gasteiger partial charge in [0.1, 0.15) is 11.3 Å². The average molecular weight is 249 g/mol. The number of hydrogen-bond acceptors (Lipinski definition) is 2. The van der Waals surface area contributed by atoms with Crippen molar-refractivity contribution >= 4 is 5.97 Å². The standard InChI is InChI=1S/C10H10F3NO3/c1-4(2)5-3-6(10(11,12)13)14-8(15)7(5)9(16)17/h3-4H,1-2H3,(H,14,15)(H,16,17). The zero-order valence-corrected chi connectivity index (χ0v) is 9.05. The third-order valence-corrected chi connectivity index (χ3v) is 2.21. The summed E-state index contributed by atoms with van der Waals surface area (Å²) in [5, 5.41) is 8.79. The van der Waals surface area contributed by atoms with Gasteiger partial charge in [-0.1, -0.05) is 13.8 Å². The summed E-state index contributed by atoms with van der Waals surface area (Å²) >= 11 is 0. The van der Waals surface area contributed by atoms with Crippen LogP contribution >= 0.6 is 0 Å². The predicted octanol–water partition coefficient (Wildman–Crippen LogP) is 2.22. The molecule has 7 heteroatoms. The Morgan fingerprint density at radius 3 is 2.29 bits per heavy atom. The van der Waals surface area contributed by atoms with E-state index in [1.807, 2.05) is 0 Å². The van der Waals surface area contributed by atoms with Gasteiger partial charge in [-0.25, -0.2) is 4.79 Å². The molecule has 1 heterocycles. The molecular formula is C10H10F3NO3. The smallest absolute Gasteiger partial charge is 0.431 e. The van der Waals surface area contributed by atoms with Crippen LogP contribution in [0.15, 0.2) is 10.9 Å². The number of aromatic carboxylic acids is 1. The van der Waals surface area contributed by atoms with Crippen LogP contribution < -0.4 is 5.56 Å². The molecule has 0 amide bonds. The van der Waals surface area contributed by atoms with Crippen LogP contribution in [0.25, 0.3) is 0 Å². The van der Waals surface area contributed by atoms with Gasteiger partial charge in [-0.05, 0) is 17.5 Å². The Morgan fingerprint density at radius 2 is 1.94 bits per heavy atom. The molecule has 0 atom stereocenters. The summed E-state index contributed by atoms with van der Waals surface area (Å²) in [4.78, 5) is 23.7. The SMILES string of the molecule is CC(C)c1cc(C(F)(F)F)[nH]c(=O)c1C(=O)O. The summed E-state index contributed by atoms with van der Waals surface area (Å²) in [6.45, 7) is 3.03. The fourth-order valence-electron chi connectivity index (χ4n) is 1.41. The van der Waals surface area contributed by atoms with Crippen LogP contribution in [0.4, 0.5) is 13.2 Å². The molecule has 0 radical (unpaired) electrons. The maximum absolute atomic E-state index is 12.4. The van der Waals surface area contributed by atoms with Gasteiger partial charge in [-0.2, -0.15) is 13.2 Å². The average Bonchev–Trinajstić information content (AvgIpc) is 2.13. The van der Waals surface area contributed by atoms with E-state index in [-0.39, 0.29) is 5.56 Å². The van der Waals surface area contributed by atoms with E-state index in [4.69, 9.17) is 5.11 Å². The van der Waals surface area contributed by atoms with Crippen molar-refractivity contribution in [1.29, 1.82) is 0 Å². The molecule has 17 heavy (non-hydrogen) atoms. The molecule has 0 aliphatic carbocycles. The summed E-state index contributed by atoms with van der Waals surface area (Å²) in [5.41, 5.74) is -3.26. The summed E-state index contributed by atoms with van der Waals surface area (Å²) < 4.78 is 37.3. The van der Waals surface area contributed by atoms with E-state index < -0.39 is 34.9 Å². The van der Waals surface area contributed by atoms with Crippen LogP contribution in [0.3, 0.4) is 0 Å². The topological polar surface area (TPSA) is 70.2 Å². The lowest BCUT2D eigenvalue weighted by atomic mass is 9.98. The number of carboxylic acid groups (broad SMARTS) is 1. The van der Waals surface area contributed by atoms with Gasteiger partial charge in [0.05, 0.1) is 0 Å². The van der Waals surface area contributed by atoms with Gasteiger partial charge < -0.3 is 10.1 Å². The number of nitrogens with one attached hydrogen (secondary N) is 1. The Labute approximate surface area is 94.1 Å². The molecule has 0 spiro atoms. The lowest BCUT2D eigenvalue weighted by Gasteiger charge is -2.13. The van der Waals surface area contributed by atoms with Crippen LogP contribution in [0.5, 0.6) is 0 Å². The third kappa shape index (κ3) is 2.66. The van der Waals surface area contributed by atoms with Gasteiger partial charge in [-0.3, -0.25) is 4.79 Å². The van der Waals surface area contributed by atoms with Crippen molar-refractivity contribution in [3.8, 4) is 0 Å². The quantitative estimate of drug-likeness (QED) is 0.844. The van der Waals surface area contributed by atoms with E-state index in [1.54, 1.807) is 0 Å². The summed E-state index contributed by atoms with van der Waals surface area (Å²) in [5.74, 6) is -2.03. The molecule has 2 N–H and O–H groups in total. The van der Waals surface area contributed by atoms with Crippen molar-refractivity contribution in [2.24, 2.45) is 0 Å². The highest BCUT2D eigenvalue weighted by molar-refractivity contribution is 5.89. The highest BCUT2D eigenvalue weighted by atomic mass is 19.4. The van der Waals surface area contributed by atoms with Gasteiger partial charge >= 0.3 is 12.1 Å². The number of pyridine rings is 1. The van der Waals surface area contributed by atoms with Crippen LogP contribution in [0.1, 0.15) is 41.4 Å². The van der Waals surface area contributed by atoms with Gasteiger partial charge in [-0.15, -0.1) is 0 Å². The Kier molecular flexibility index (Phi) is 3.30. The maximum Gasteiger partial charge on any atom is 0.431 e. The number of rotatable bonds is 2. The summed E-state index contributed by atoms with van der Waals surface area (Å²) in [7, 11) is 0. The molecule has 94 valence electrons. The second kappa shape index (κ2) is 4.23. The number of alkyl halides is 3. The lowest BCUT2D eigenvalue weighted by Crippen LogP contribution is -2.25. The van der Waals surface area contributed by atoms with Crippen molar-refractivity contribution < 1.29 is 23.1 Å². The van der Waals surface area contributed by atoms with Crippen LogP contribution in [0.2, 0.25) is 0 Å². The van der Waals surface area contributed by atoms with Crippen molar-refractivity contribution in [2.45, 2.75) is 25.9 Å². The monoisotopic (exact) mass is 249 g/mol. The molecule has 4 nitrogen and oxygen atoms in total. The number of H-pyrrole nitrogens is 1. The highest BCUT2D eigenvalue weighted by Gasteiger charge is 2.34. The number of carbonyl (C=O) groups is 1. The minimum absolute atomic E-state index is 0.131. The molecule has 0 saturated carbocycles. The Bertz CT molecular complexity index is 502. The molecule has 0 fully saturated rings. The maximum atomic E-state index is 12.4. The minimum Gasteiger partial charge on any atom is -0.477 e. The first-order chi connectivity index (χ1) is 7.64. The van der Waals surface area contributed by atoms with Gasteiger partial charge in [0.15, 0.2) is 0 Å². The molecule has 0 saturated heterocycles. The minimum atomic E-state index is -4.71. The van der Waals surface area contributed by atoms with Crippen molar-refractivity contribution in [1.82, 2.24) is 4.98 Å². The van der Waals surface area contributed by atoms with E-state index >= 15 is 0 Å². The normalized spacial score (nSPS) is 11.9. The molecule has 1 rings (SSSR count). The highest BCUT2D eigenvalue weighted by Crippen LogP contribution is 2.29. The third-order valence-electron chi connectivity index (χ3n) is 2.21. The molecule has 1 aromatic heterocycles. The summed E-state index contributed by atoms with van der Waals surface area (Å²) in [6, 6.07) is 0.662. The Morgan fingerprint density at radius 1 is 1.41 bits per heavy atom. The molecule has 0 unspecified atom stereocenters. The van der Waals surface area contributed by atoms with Crippen LogP contribution in [-0.2, 0) is 6.18 Å². The first-order valence-electron chi connectivity index (χ1n) is 4.72. The lowest BCUT2D eigenvalue weighted by molar-refractivity contribution is -0.141. The zero-order valence-electron chi connectivity index (χ0n) is 9.05. The molecule has 0 aliphatic rings. The first kappa shape index (κ1) is 13.3. The van der Waals surface area contributed by atoms with Crippen LogP contribution in [0, 0.1) is 0 Å². The number of hydrogen-bond donors (Lipinski definition) is 2. The van der Waals surface area contributed by atoms with E-state index in [2.05, 4.69) is 0 Å². The van der Waals surface area contributed by atoms with E-state index in [1.165, 1.54) is 18.8 Å². The predicted molar refractivity (Wildman–Crippen MR) is 53.1 cm³/mol. The van der Waals surface area contributed by atoms with Crippen molar-refractivity contribution in [3.05, 3.63) is 33.2 Å². The van der Waals surface area contributed by atoms with Crippen LogP contribution in [-0.4, -0.2) is 16.1 Å². The number of carboxylic acids is 1. The van der Waals surface area contributed by atoms with E-state index in [0.717, 1.165) is 0 Å². The largest absolute Gasteiger partial charge is 0.477 e. The number of aromatic nitrogens is 1. The Balaban J connectivity index is 3.59.